The van der Waals surface area contributed by atoms with E-state index in [1.54, 1.807) is 31.3 Å². The van der Waals surface area contributed by atoms with Crippen LogP contribution in [0.4, 0.5) is 5.69 Å². The molecule has 2 heterocycles. The number of amides is 1. The lowest BCUT2D eigenvalue weighted by molar-refractivity contribution is -0.149. The molecule has 0 unspecified atom stereocenters. The molecule has 0 radical (unpaired) electrons. The molecule has 3 aromatic carbocycles. The number of carbonyl (C=O) groups is 2. The molecule has 0 bridgehead atoms. The summed E-state index contributed by atoms with van der Waals surface area (Å²) in [6, 6.07) is 25.6. The van der Waals surface area contributed by atoms with Crippen molar-refractivity contribution in [3.05, 3.63) is 96.1 Å². The lowest BCUT2D eigenvalue weighted by Crippen LogP contribution is -2.58. The quantitative estimate of drug-likeness (QED) is 0.346. The summed E-state index contributed by atoms with van der Waals surface area (Å²) in [5, 5.41) is 14.0. The van der Waals surface area contributed by atoms with Gasteiger partial charge in [-0.3, -0.25) is 10.1 Å². The number of carboxylic acids is 1. The normalized spacial score (nSPS) is 17.4. The highest BCUT2D eigenvalue weighted by Crippen LogP contribution is 2.42. The van der Waals surface area contributed by atoms with Crippen molar-refractivity contribution in [1.82, 2.24) is 15.3 Å². The number of aliphatic carboxylic acids is 1. The predicted molar refractivity (Wildman–Crippen MR) is 148 cm³/mol. The van der Waals surface area contributed by atoms with Gasteiger partial charge < -0.3 is 24.2 Å². The van der Waals surface area contributed by atoms with Gasteiger partial charge in [-0.05, 0) is 28.8 Å². The Bertz CT molecular complexity index is 1520. The van der Waals surface area contributed by atoms with Gasteiger partial charge in [-0.15, -0.1) is 0 Å². The van der Waals surface area contributed by atoms with Crippen LogP contribution < -0.4 is 24.4 Å². The Kier molecular flexibility index (Phi) is 7.35. The second-order valence-corrected chi connectivity index (χ2v) is 9.15. The zero-order valence-corrected chi connectivity index (χ0v) is 22.2. The average Bonchev–Trinajstić information content (AvgIpc) is 3.11. The van der Waals surface area contributed by atoms with Crippen molar-refractivity contribution in [1.29, 1.82) is 0 Å². The van der Waals surface area contributed by atoms with E-state index in [0.717, 1.165) is 11.1 Å². The van der Waals surface area contributed by atoms with E-state index >= 15 is 0 Å². The van der Waals surface area contributed by atoms with Crippen LogP contribution in [-0.2, 0) is 15.1 Å². The standard InChI is InChI=1S/C30H28N4O6/c1-34-23-15-8-7-14-22(23)30(31-18-26(34)35,21-13-9-12-20(16-21)19-10-5-4-6-11-19)27(28(36)37)40-29-32-24(38-2)17-25(33-29)39-3/h4-17,27,31H,18H2,1-3H3,(H,36,37)/t27-,30+/m1/s1. The van der Waals surface area contributed by atoms with Gasteiger partial charge in [0.05, 0.1) is 26.8 Å². The van der Waals surface area contributed by atoms with Crippen molar-refractivity contribution in [3.8, 4) is 28.9 Å². The van der Waals surface area contributed by atoms with Crippen LogP contribution in [0.2, 0.25) is 0 Å². The fourth-order valence-electron chi connectivity index (χ4n) is 4.96. The molecule has 10 nitrogen and oxygen atoms in total. The van der Waals surface area contributed by atoms with Gasteiger partial charge >= 0.3 is 12.0 Å². The number of hydrogen-bond acceptors (Lipinski definition) is 8. The van der Waals surface area contributed by atoms with Crippen LogP contribution in [0.1, 0.15) is 11.1 Å². The van der Waals surface area contributed by atoms with E-state index in [-0.39, 0.29) is 30.2 Å². The van der Waals surface area contributed by atoms with Gasteiger partial charge in [0.2, 0.25) is 23.8 Å². The van der Waals surface area contributed by atoms with Gasteiger partial charge in [-0.1, -0.05) is 66.7 Å². The molecule has 0 aliphatic carbocycles. The number of ether oxygens (including phenoxy) is 3. The predicted octanol–water partition coefficient (Wildman–Crippen LogP) is 3.50. The summed E-state index contributed by atoms with van der Waals surface area (Å²) >= 11 is 0. The number of benzene rings is 3. The second kappa shape index (κ2) is 11.0. The Morgan fingerprint density at radius 2 is 1.57 bits per heavy atom. The minimum Gasteiger partial charge on any atom is -0.481 e. The van der Waals surface area contributed by atoms with E-state index in [9.17, 15) is 14.7 Å². The molecule has 1 aliphatic heterocycles. The number of methoxy groups -OCH3 is 2. The van der Waals surface area contributed by atoms with Crippen molar-refractivity contribution >= 4 is 17.6 Å². The van der Waals surface area contributed by atoms with E-state index in [1.165, 1.54) is 25.2 Å². The third kappa shape index (κ3) is 4.80. The summed E-state index contributed by atoms with van der Waals surface area (Å²) in [6.45, 7) is -0.157. The van der Waals surface area contributed by atoms with Crippen molar-refractivity contribution in [2.45, 2.75) is 11.6 Å². The summed E-state index contributed by atoms with van der Waals surface area (Å²) in [5.41, 5.74) is 1.92. The molecular formula is C30H28N4O6. The molecule has 0 spiro atoms. The fourth-order valence-corrected chi connectivity index (χ4v) is 4.96. The van der Waals surface area contributed by atoms with Gasteiger partial charge in [-0.2, -0.15) is 9.97 Å². The number of hydrogen-bond donors (Lipinski definition) is 2. The maximum atomic E-state index is 13.1. The first-order valence-corrected chi connectivity index (χ1v) is 12.5. The van der Waals surface area contributed by atoms with Crippen LogP contribution in [0.3, 0.4) is 0 Å². The average molecular weight is 541 g/mol. The number of fused-ring (bicyclic) bond motifs is 1. The van der Waals surface area contributed by atoms with Crippen LogP contribution >= 0.6 is 0 Å². The number of para-hydroxylation sites is 1. The first-order valence-electron chi connectivity index (χ1n) is 12.5. The molecule has 4 aromatic rings. The highest BCUT2D eigenvalue weighted by molar-refractivity contribution is 5.97. The molecule has 0 fully saturated rings. The van der Waals surface area contributed by atoms with Gasteiger partial charge in [0.1, 0.15) is 5.54 Å². The number of nitrogens with zero attached hydrogens (tertiary/aromatic N) is 3. The summed E-state index contributed by atoms with van der Waals surface area (Å²) in [4.78, 5) is 36.2. The van der Waals surface area contributed by atoms with Crippen molar-refractivity contribution < 1.29 is 28.9 Å². The minimum atomic E-state index is -1.63. The molecular weight excluding hydrogens is 512 g/mol. The van der Waals surface area contributed by atoms with E-state index in [1.807, 2.05) is 54.6 Å². The largest absolute Gasteiger partial charge is 0.481 e. The molecule has 2 N–H and O–H groups in total. The topological polar surface area (TPSA) is 123 Å². The lowest BCUT2D eigenvalue weighted by Gasteiger charge is -2.39. The van der Waals surface area contributed by atoms with E-state index in [0.29, 0.717) is 16.8 Å². The maximum Gasteiger partial charge on any atom is 0.347 e. The molecule has 0 saturated carbocycles. The zero-order valence-electron chi connectivity index (χ0n) is 22.2. The van der Waals surface area contributed by atoms with Gasteiger partial charge in [-0.25, -0.2) is 4.79 Å². The maximum absolute atomic E-state index is 13.1. The van der Waals surface area contributed by atoms with E-state index < -0.39 is 17.6 Å². The molecule has 1 aromatic heterocycles. The zero-order chi connectivity index (χ0) is 28.3. The van der Waals surface area contributed by atoms with E-state index in [4.69, 9.17) is 14.2 Å². The fraction of sp³-hybridized carbons (Fsp3) is 0.200. The Morgan fingerprint density at radius 1 is 0.925 bits per heavy atom. The first-order chi connectivity index (χ1) is 19.4. The van der Waals surface area contributed by atoms with Gasteiger partial charge in [0, 0.05) is 18.3 Å². The summed E-state index contributed by atoms with van der Waals surface area (Å²) in [6.07, 6.45) is -1.63. The number of likely N-dealkylation sites (N-methyl/N-ethyl adjacent to an activating group) is 1. The van der Waals surface area contributed by atoms with Crippen LogP contribution in [0.25, 0.3) is 11.1 Å². The monoisotopic (exact) mass is 540 g/mol. The number of rotatable bonds is 8. The Balaban J connectivity index is 1.77. The van der Waals surface area contributed by atoms with Crippen molar-refractivity contribution in [2.24, 2.45) is 0 Å². The Hall–Kier alpha value is -4.96. The molecule has 2 atom stereocenters. The third-order valence-electron chi connectivity index (χ3n) is 6.93. The number of carboxylic acid groups (broad SMARTS) is 1. The Labute approximate surface area is 231 Å². The molecule has 10 heteroatoms. The van der Waals surface area contributed by atoms with Crippen LogP contribution in [0, 0.1) is 0 Å². The molecule has 204 valence electrons. The van der Waals surface area contributed by atoms with Crippen molar-refractivity contribution in [3.63, 3.8) is 0 Å². The minimum absolute atomic E-state index is 0.134. The van der Waals surface area contributed by atoms with Crippen LogP contribution in [-0.4, -0.2) is 60.9 Å². The number of nitrogens with one attached hydrogen (secondary N) is 1. The molecule has 0 saturated heterocycles. The highest BCUT2D eigenvalue weighted by Gasteiger charge is 2.52. The summed E-state index contributed by atoms with van der Waals surface area (Å²) in [7, 11) is 4.49. The molecule has 5 rings (SSSR count). The third-order valence-corrected chi connectivity index (χ3v) is 6.93. The second-order valence-electron chi connectivity index (χ2n) is 9.15. The van der Waals surface area contributed by atoms with Gasteiger partial charge in [0.25, 0.3) is 0 Å². The lowest BCUT2D eigenvalue weighted by atomic mass is 9.76. The van der Waals surface area contributed by atoms with Crippen LogP contribution in [0.5, 0.6) is 17.8 Å². The first kappa shape index (κ1) is 26.6. The highest BCUT2D eigenvalue weighted by atomic mass is 16.5. The Morgan fingerprint density at radius 3 is 2.25 bits per heavy atom. The molecule has 1 amide bonds. The molecule has 40 heavy (non-hydrogen) atoms. The van der Waals surface area contributed by atoms with E-state index in [2.05, 4.69) is 15.3 Å². The molecule has 1 aliphatic rings. The summed E-state index contributed by atoms with van der Waals surface area (Å²) < 4.78 is 16.6. The smallest absolute Gasteiger partial charge is 0.347 e. The van der Waals surface area contributed by atoms with Crippen molar-refractivity contribution in [2.75, 3.05) is 32.7 Å². The number of carbonyl (C=O) groups excluding carboxylic acids is 1. The number of aromatic nitrogens is 2. The van der Waals surface area contributed by atoms with Gasteiger partial charge in [0.15, 0.2) is 0 Å². The van der Waals surface area contributed by atoms with Crippen LogP contribution in [0.15, 0.2) is 84.9 Å². The number of anilines is 1. The summed E-state index contributed by atoms with van der Waals surface area (Å²) in [5.74, 6) is -1.27. The SMILES string of the molecule is COc1cc(OC)nc(O[C@H](C(=O)O)[C@@]2(c3cccc(-c4ccccc4)c3)NCC(=O)N(C)c3ccccc32)n1.